The Morgan fingerprint density at radius 1 is 1.10 bits per heavy atom. The van der Waals surface area contributed by atoms with E-state index < -0.39 is 12.7 Å². The average Bonchev–Trinajstić information content (AvgIpc) is 2.40. The van der Waals surface area contributed by atoms with Gasteiger partial charge in [0.25, 0.3) is 0 Å². The number of hydrogen-bond donors (Lipinski definition) is 0. The summed E-state index contributed by atoms with van der Waals surface area (Å²) in [5.74, 6) is 0. The second-order valence-electron chi connectivity index (χ2n) is 4.53. The monoisotopic (exact) mass is 281 g/mol. The second-order valence-corrected chi connectivity index (χ2v) is 4.53. The summed E-state index contributed by atoms with van der Waals surface area (Å²) in [5, 5.41) is 0. The van der Waals surface area contributed by atoms with Crippen LogP contribution in [0.4, 0.5) is 13.2 Å². The van der Waals surface area contributed by atoms with Gasteiger partial charge in [0, 0.05) is 23.5 Å². The van der Waals surface area contributed by atoms with E-state index in [0.717, 1.165) is 4.57 Å². The molecule has 0 N–H and O–H groups in total. The van der Waals surface area contributed by atoms with Crippen LogP contribution in [0.3, 0.4) is 0 Å². The van der Waals surface area contributed by atoms with Crippen LogP contribution in [0.2, 0.25) is 0 Å². The lowest BCUT2D eigenvalue weighted by Crippen LogP contribution is -2.21. The first-order valence-corrected chi connectivity index (χ1v) is 6.26. The molecule has 1 heterocycles. The molecule has 0 fully saturated rings. The number of benzene rings is 1. The van der Waals surface area contributed by atoms with Gasteiger partial charge in [0.1, 0.15) is 6.54 Å². The van der Waals surface area contributed by atoms with Crippen LogP contribution < -0.4 is 5.43 Å². The summed E-state index contributed by atoms with van der Waals surface area (Å²) in [6, 6.07) is 8.73. The van der Waals surface area contributed by atoms with Crippen LogP contribution in [0, 0.1) is 0 Å². The lowest BCUT2D eigenvalue weighted by Gasteiger charge is -2.13. The fourth-order valence-corrected chi connectivity index (χ4v) is 2.07. The van der Waals surface area contributed by atoms with Crippen LogP contribution in [0.1, 0.15) is 12.5 Å². The van der Waals surface area contributed by atoms with Crippen molar-refractivity contribution in [3.63, 3.8) is 0 Å². The van der Waals surface area contributed by atoms with Gasteiger partial charge in [-0.05, 0) is 12.0 Å². The predicted octanol–water partition coefficient (Wildman–Crippen LogP) is 3.64. The molecule has 0 saturated heterocycles. The van der Waals surface area contributed by atoms with Crippen LogP contribution >= 0.6 is 0 Å². The third-order valence-electron chi connectivity index (χ3n) is 2.98. The molecular formula is C15H14F3NO. The summed E-state index contributed by atoms with van der Waals surface area (Å²) < 4.78 is 38.6. The predicted molar refractivity (Wildman–Crippen MR) is 71.6 cm³/mol. The van der Waals surface area contributed by atoms with Gasteiger partial charge in [-0.2, -0.15) is 13.2 Å². The molecule has 2 aromatic rings. The molecule has 0 amide bonds. The Morgan fingerprint density at radius 2 is 1.75 bits per heavy atom. The minimum atomic E-state index is -4.31. The van der Waals surface area contributed by atoms with Crippen molar-refractivity contribution in [2.24, 2.45) is 0 Å². The zero-order valence-corrected chi connectivity index (χ0v) is 10.9. The van der Waals surface area contributed by atoms with Crippen molar-refractivity contribution in [1.29, 1.82) is 0 Å². The molecule has 0 saturated carbocycles. The average molecular weight is 281 g/mol. The third-order valence-corrected chi connectivity index (χ3v) is 2.98. The van der Waals surface area contributed by atoms with Gasteiger partial charge in [0.15, 0.2) is 5.43 Å². The standard InChI is InChI=1S/C15H14F3NO/c1-2-11-8-19(10-15(16,17)18)9-13(14(11)20)12-6-4-3-5-7-12/h3-9H,2,10H2,1H3. The summed E-state index contributed by atoms with van der Waals surface area (Å²) in [6.07, 6.45) is -1.36. The maximum absolute atomic E-state index is 12.5. The maximum atomic E-state index is 12.5. The van der Waals surface area contributed by atoms with E-state index in [1.165, 1.54) is 12.4 Å². The molecule has 0 aliphatic carbocycles. The van der Waals surface area contributed by atoms with Crippen molar-refractivity contribution in [2.75, 3.05) is 0 Å². The molecule has 20 heavy (non-hydrogen) atoms. The lowest BCUT2D eigenvalue weighted by atomic mass is 10.0. The molecule has 0 aliphatic heterocycles. The van der Waals surface area contributed by atoms with Crippen LogP contribution in [0.15, 0.2) is 47.5 Å². The normalized spacial score (nSPS) is 11.6. The SMILES string of the molecule is CCc1cn(CC(F)(F)F)cc(-c2ccccc2)c1=O. The van der Waals surface area contributed by atoms with Crippen LogP contribution in [0.25, 0.3) is 11.1 Å². The molecule has 0 atom stereocenters. The highest BCUT2D eigenvalue weighted by Crippen LogP contribution is 2.20. The lowest BCUT2D eigenvalue weighted by molar-refractivity contribution is -0.140. The zero-order chi connectivity index (χ0) is 14.8. The Bertz CT molecular complexity index is 644. The van der Waals surface area contributed by atoms with Crippen molar-refractivity contribution >= 4 is 0 Å². The van der Waals surface area contributed by atoms with Crippen molar-refractivity contribution in [1.82, 2.24) is 4.57 Å². The number of rotatable bonds is 3. The van der Waals surface area contributed by atoms with Gasteiger partial charge < -0.3 is 4.57 Å². The first-order valence-electron chi connectivity index (χ1n) is 6.26. The van der Waals surface area contributed by atoms with E-state index in [4.69, 9.17) is 0 Å². The largest absolute Gasteiger partial charge is 0.406 e. The summed E-state index contributed by atoms with van der Waals surface area (Å²) in [4.78, 5) is 12.2. The molecule has 0 radical (unpaired) electrons. The van der Waals surface area contributed by atoms with Gasteiger partial charge in [-0.3, -0.25) is 4.79 Å². The van der Waals surface area contributed by atoms with Crippen molar-refractivity contribution < 1.29 is 13.2 Å². The Morgan fingerprint density at radius 3 is 2.30 bits per heavy atom. The Labute approximate surface area is 114 Å². The fourth-order valence-electron chi connectivity index (χ4n) is 2.07. The summed E-state index contributed by atoms with van der Waals surface area (Å²) in [7, 11) is 0. The number of aromatic nitrogens is 1. The maximum Gasteiger partial charge on any atom is 0.406 e. The van der Waals surface area contributed by atoms with E-state index in [-0.39, 0.29) is 5.43 Å². The van der Waals surface area contributed by atoms with E-state index in [2.05, 4.69) is 0 Å². The van der Waals surface area contributed by atoms with Gasteiger partial charge in [0.05, 0.1) is 0 Å². The number of hydrogen-bond acceptors (Lipinski definition) is 1. The number of alkyl halides is 3. The van der Waals surface area contributed by atoms with Crippen LogP contribution in [-0.2, 0) is 13.0 Å². The van der Waals surface area contributed by atoms with Gasteiger partial charge in [-0.1, -0.05) is 37.3 Å². The molecule has 0 spiro atoms. The molecule has 2 rings (SSSR count). The molecular weight excluding hydrogens is 267 g/mol. The first kappa shape index (κ1) is 14.4. The van der Waals surface area contributed by atoms with Gasteiger partial charge >= 0.3 is 6.18 Å². The Hall–Kier alpha value is -2.04. The van der Waals surface area contributed by atoms with E-state index in [0.29, 0.717) is 23.1 Å². The molecule has 5 heteroatoms. The number of aryl methyl sites for hydroxylation is 1. The first-order chi connectivity index (χ1) is 9.40. The topological polar surface area (TPSA) is 22.0 Å². The van der Waals surface area contributed by atoms with Crippen molar-refractivity contribution in [2.45, 2.75) is 26.1 Å². The smallest absolute Gasteiger partial charge is 0.344 e. The fraction of sp³-hybridized carbons (Fsp3) is 0.267. The molecule has 0 aliphatic rings. The van der Waals surface area contributed by atoms with Crippen molar-refractivity contribution in [3.8, 4) is 11.1 Å². The number of pyridine rings is 1. The number of halogens is 3. The second kappa shape index (κ2) is 5.53. The highest BCUT2D eigenvalue weighted by molar-refractivity contribution is 5.62. The van der Waals surface area contributed by atoms with Gasteiger partial charge in [0.2, 0.25) is 0 Å². The minimum absolute atomic E-state index is 0.211. The zero-order valence-electron chi connectivity index (χ0n) is 10.9. The molecule has 2 nitrogen and oxygen atoms in total. The highest BCUT2D eigenvalue weighted by atomic mass is 19.4. The molecule has 1 aromatic carbocycles. The van der Waals surface area contributed by atoms with E-state index in [1.807, 2.05) is 0 Å². The van der Waals surface area contributed by atoms with Crippen LogP contribution in [0.5, 0.6) is 0 Å². The van der Waals surface area contributed by atoms with E-state index >= 15 is 0 Å². The number of nitrogens with zero attached hydrogens (tertiary/aromatic N) is 1. The van der Waals surface area contributed by atoms with Crippen molar-refractivity contribution in [3.05, 3.63) is 58.5 Å². The van der Waals surface area contributed by atoms with Crippen LogP contribution in [-0.4, -0.2) is 10.7 Å². The van der Waals surface area contributed by atoms with Gasteiger partial charge in [-0.15, -0.1) is 0 Å². The Kier molecular flexibility index (Phi) is 3.97. The third kappa shape index (κ3) is 3.29. The summed E-state index contributed by atoms with van der Waals surface area (Å²) in [5.41, 5.74) is 1.10. The van der Waals surface area contributed by atoms with Gasteiger partial charge in [-0.25, -0.2) is 0 Å². The van der Waals surface area contributed by atoms with E-state index in [1.54, 1.807) is 37.3 Å². The van der Waals surface area contributed by atoms with E-state index in [9.17, 15) is 18.0 Å². The quantitative estimate of drug-likeness (QED) is 0.842. The molecule has 0 bridgehead atoms. The molecule has 106 valence electrons. The summed E-state index contributed by atoms with van der Waals surface area (Å²) in [6.45, 7) is 0.656. The highest BCUT2D eigenvalue weighted by Gasteiger charge is 2.28. The minimum Gasteiger partial charge on any atom is -0.344 e. The Balaban J connectivity index is 2.56. The summed E-state index contributed by atoms with van der Waals surface area (Å²) >= 11 is 0. The molecule has 1 aromatic heterocycles. The molecule has 0 unspecified atom stereocenters.